The molecule has 3 heterocycles. The first-order valence-electron chi connectivity index (χ1n) is 13.1. The minimum absolute atomic E-state index is 0.101. The van der Waals surface area contributed by atoms with Crippen LogP contribution in [0.2, 0.25) is 0 Å². The summed E-state index contributed by atoms with van der Waals surface area (Å²) in [5, 5.41) is 31.1. The van der Waals surface area contributed by atoms with Gasteiger partial charge in [0, 0.05) is 12.3 Å². The van der Waals surface area contributed by atoms with Gasteiger partial charge in [-0.15, -0.1) is 0 Å². The van der Waals surface area contributed by atoms with Crippen LogP contribution in [0, 0.1) is 17.3 Å². The zero-order valence-electron chi connectivity index (χ0n) is 22.3. The Morgan fingerprint density at radius 2 is 1.86 bits per heavy atom. The lowest BCUT2D eigenvalue weighted by Gasteiger charge is -2.34. The predicted octanol–water partition coefficient (Wildman–Crippen LogP) is 3.62. The molecular weight excluding hydrogens is 478 g/mol. The number of carbonyl (C=O) groups is 2. The molecule has 9 heteroatoms. The van der Waals surface area contributed by atoms with E-state index in [-0.39, 0.29) is 42.3 Å². The SMILES string of the molecule is CC1C(=O)C(C)(C)[C@@H](O)CC(=O)O[C@H](c2ccc3oc(CO)nc3c2)C[C@@H]2O[C@]2(C)CCC[C@H](C)C1O. The molecule has 0 spiro atoms. The van der Waals surface area contributed by atoms with Crippen LogP contribution < -0.4 is 0 Å². The quantitative estimate of drug-likeness (QED) is 0.402. The molecule has 3 N–H and O–H groups in total. The molecule has 2 fully saturated rings. The van der Waals surface area contributed by atoms with E-state index in [4.69, 9.17) is 13.9 Å². The second-order valence-corrected chi connectivity index (χ2v) is 11.6. The largest absolute Gasteiger partial charge is 0.457 e. The second kappa shape index (κ2) is 10.4. The van der Waals surface area contributed by atoms with Crippen molar-refractivity contribution in [1.29, 1.82) is 0 Å². The van der Waals surface area contributed by atoms with Crippen LogP contribution in [0.1, 0.15) is 84.3 Å². The first kappa shape index (κ1) is 27.7. The van der Waals surface area contributed by atoms with Crippen molar-refractivity contribution in [2.45, 2.75) is 103 Å². The van der Waals surface area contributed by atoms with E-state index in [1.165, 1.54) is 0 Å². The zero-order chi connectivity index (χ0) is 27.1. The van der Waals surface area contributed by atoms with Crippen LogP contribution in [-0.4, -0.2) is 56.0 Å². The molecule has 7 atom stereocenters. The zero-order valence-corrected chi connectivity index (χ0v) is 22.3. The number of ether oxygens (including phenoxy) is 2. The fourth-order valence-corrected chi connectivity index (χ4v) is 5.48. The van der Waals surface area contributed by atoms with Gasteiger partial charge >= 0.3 is 5.97 Å². The number of aliphatic hydroxyl groups is 3. The minimum atomic E-state index is -1.28. The summed E-state index contributed by atoms with van der Waals surface area (Å²) in [4.78, 5) is 30.5. The van der Waals surface area contributed by atoms with Crippen LogP contribution in [0.3, 0.4) is 0 Å². The van der Waals surface area contributed by atoms with E-state index in [1.54, 1.807) is 39.0 Å². The Labute approximate surface area is 217 Å². The molecular formula is C28H39NO8. The van der Waals surface area contributed by atoms with Gasteiger partial charge in [0.2, 0.25) is 5.89 Å². The van der Waals surface area contributed by atoms with Crippen molar-refractivity contribution in [2.75, 3.05) is 0 Å². The van der Waals surface area contributed by atoms with E-state index < -0.39 is 35.6 Å². The molecule has 0 amide bonds. The van der Waals surface area contributed by atoms with Gasteiger partial charge < -0.3 is 29.2 Å². The summed E-state index contributed by atoms with van der Waals surface area (Å²) in [5.41, 5.74) is 0.146. The van der Waals surface area contributed by atoms with Gasteiger partial charge in [-0.25, -0.2) is 4.98 Å². The Balaban J connectivity index is 1.62. The number of nitrogens with zero attached hydrogens (tertiary/aromatic N) is 1. The monoisotopic (exact) mass is 517 g/mol. The molecule has 4 rings (SSSR count). The number of aliphatic hydroxyl groups excluding tert-OH is 3. The van der Waals surface area contributed by atoms with E-state index in [9.17, 15) is 24.9 Å². The number of rotatable bonds is 2. The van der Waals surface area contributed by atoms with Crippen LogP contribution >= 0.6 is 0 Å². The number of fused-ring (bicyclic) bond motifs is 2. The van der Waals surface area contributed by atoms with Crippen molar-refractivity contribution in [2.24, 2.45) is 17.3 Å². The van der Waals surface area contributed by atoms with Crippen molar-refractivity contribution >= 4 is 22.9 Å². The Kier molecular flexibility index (Phi) is 7.82. The van der Waals surface area contributed by atoms with Crippen molar-refractivity contribution in [3.63, 3.8) is 0 Å². The van der Waals surface area contributed by atoms with Gasteiger partial charge in [0.25, 0.3) is 0 Å². The van der Waals surface area contributed by atoms with E-state index in [2.05, 4.69) is 4.98 Å². The number of epoxide rings is 1. The number of benzene rings is 1. The number of hydrogen-bond donors (Lipinski definition) is 3. The number of esters is 1. The summed E-state index contributed by atoms with van der Waals surface area (Å²) in [6, 6.07) is 5.28. The van der Waals surface area contributed by atoms with Gasteiger partial charge in [0.15, 0.2) is 5.58 Å². The van der Waals surface area contributed by atoms with E-state index >= 15 is 0 Å². The van der Waals surface area contributed by atoms with Crippen molar-refractivity contribution in [1.82, 2.24) is 4.98 Å². The summed E-state index contributed by atoms with van der Waals surface area (Å²) in [5.74, 6) is -1.51. The molecule has 0 radical (unpaired) electrons. The highest BCUT2D eigenvalue weighted by molar-refractivity contribution is 5.88. The highest BCUT2D eigenvalue weighted by atomic mass is 16.6. The van der Waals surface area contributed by atoms with Gasteiger partial charge in [-0.2, -0.15) is 0 Å². The predicted molar refractivity (Wildman–Crippen MR) is 134 cm³/mol. The first-order valence-corrected chi connectivity index (χ1v) is 13.1. The molecule has 9 nitrogen and oxygen atoms in total. The highest BCUT2D eigenvalue weighted by Gasteiger charge is 2.53. The lowest BCUT2D eigenvalue weighted by atomic mass is 9.73. The molecule has 37 heavy (non-hydrogen) atoms. The first-order chi connectivity index (χ1) is 17.4. The molecule has 0 saturated carbocycles. The molecule has 2 aromatic rings. The number of hydrogen-bond acceptors (Lipinski definition) is 9. The number of Topliss-reactive ketones (excluding diaryl/α,β-unsaturated/α-hetero) is 1. The maximum absolute atomic E-state index is 13.3. The molecule has 0 aliphatic carbocycles. The van der Waals surface area contributed by atoms with Crippen molar-refractivity contribution in [3.05, 3.63) is 29.7 Å². The van der Waals surface area contributed by atoms with Gasteiger partial charge in [-0.1, -0.05) is 40.2 Å². The number of cyclic esters (lactones) is 1. The lowest BCUT2D eigenvalue weighted by Crippen LogP contribution is -2.45. The third-order valence-corrected chi connectivity index (χ3v) is 8.37. The summed E-state index contributed by atoms with van der Waals surface area (Å²) in [6.07, 6.45) is -0.506. The molecule has 2 aliphatic heterocycles. The maximum atomic E-state index is 13.3. The molecule has 204 valence electrons. The summed E-state index contributed by atoms with van der Waals surface area (Å²) in [6.45, 7) is 8.53. The smallest absolute Gasteiger partial charge is 0.309 e. The van der Waals surface area contributed by atoms with Crippen molar-refractivity contribution in [3.8, 4) is 0 Å². The van der Waals surface area contributed by atoms with E-state index in [0.717, 1.165) is 19.3 Å². The fraction of sp³-hybridized carbons (Fsp3) is 0.679. The average Bonchev–Trinajstić information content (AvgIpc) is 3.29. The summed E-state index contributed by atoms with van der Waals surface area (Å²) in [7, 11) is 0. The molecule has 2 saturated heterocycles. The highest BCUT2D eigenvalue weighted by Crippen LogP contribution is 2.46. The van der Waals surface area contributed by atoms with Gasteiger partial charge in [0.05, 0.1) is 35.7 Å². The van der Waals surface area contributed by atoms with Crippen LogP contribution in [0.25, 0.3) is 11.1 Å². The second-order valence-electron chi connectivity index (χ2n) is 11.6. The molecule has 2 unspecified atom stereocenters. The standard InChI is InChI=1S/C28H39NO8/c1-15-7-6-10-28(5)22(37-28)12-20(17-8-9-19-18(11-17)29-23(14-30)35-19)36-24(32)13-21(31)27(3,4)26(34)16(2)25(15)33/h8-9,11,15-16,20-22,25,30-31,33H,6-7,10,12-14H2,1-5H3/t15-,16?,20-,21-,22-,25?,28+/m0/s1. The van der Waals surface area contributed by atoms with Gasteiger partial charge in [0.1, 0.15) is 24.0 Å². The summed E-state index contributed by atoms with van der Waals surface area (Å²) < 4.78 is 17.4. The maximum Gasteiger partial charge on any atom is 0.309 e. The Morgan fingerprint density at radius 1 is 1.14 bits per heavy atom. The topological polar surface area (TPSA) is 143 Å². The number of ketones is 1. The van der Waals surface area contributed by atoms with Gasteiger partial charge in [-0.05, 0) is 43.4 Å². The van der Waals surface area contributed by atoms with Crippen LogP contribution in [0.4, 0.5) is 0 Å². The Morgan fingerprint density at radius 3 is 2.57 bits per heavy atom. The third-order valence-electron chi connectivity index (χ3n) is 8.37. The van der Waals surface area contributed by atoms with Crippen LogP contribution in [-0.2, 0) is 25.7 Å². The van der Waals surface area contributed by atoms with E-state index in [0.29, 0.717) is 23.1 Å². The molecule has 2 aliphatic rings. The molecule has 0 bridgehead atoms. The van der Waals surface area contributed by atoms with Crippen LogP contribution in [0.15, 0.2) is 22.6 Å². The molecule has 1 aromatic carbocycles. The number of aromatic nitrogens is 1. The minimum Gasteiger partial charge on any atom is -0.457 e. The average molecular weight is 518 g/mol. The van der Waals surface area contributed by atoms with E-state index in [1.807, 2.05) is 13.8 Å². The Bertz CT molecular complexity index is 1140. The normalized spacial score (nSPS) is 35.7. The van der Waals surface area contributed by atoms with Gasteiger partial charge in [-0.3, -0.25) is 9.59 Å². The fourth-order valence-electron chi connectivity index (χ4n) is 5.48. The Hall–Kier alpha value is -2.33. The molecule has 1 aromatic heterocycles. The summed E-state index contributed by atoms with van der Waals surface area (Å²) >= 11 is 0. The number of oxazole rings is 1. The van der Waals surface area contributed by atoms with Crippen LogP contribution in [0.5, 0.6) is 0 Å². The third kappa shape index (κ3) is 5.74. The lowest BCUT2D eigenvalue weighted by molar-refractivity contribution is -0.156. The number of carbonyl (C=O) groups excluding carboxylic acids is 2. The van der Waals surface area contributed by atoms with Crippen molar-refractivity contribution < 1.29 is 38.8 Å².